The van der Waals surface area contributed by atoms with Crippen LogP contribution < -0.4 is 5.32 Å². The largest absolute Gasteiger partial charge is 0.355 e. The van der Waals surface area contributed by atoms with E-state index in [4.69, 9.17) is 0 Å². The van der Waals surface area contributed by atoms with Gasteiger partial charge in [-0.25, -0.2) is 0 Å². The minimum Gasteiger partial charge on any atom is -0.355 e. The Morgan fingerprint density at radius 3 is 2.61 bits per heavy atom. The van der Waals surface area contributed by atoms with Gasteiger partial charge < -0.3 is 15.1 Å². The van der Waals surface area contributed by atoms with E-state index in [1.165, 1.54) is 0 Å². The van der Waals surface area contributed by atoms with Crippen LogP contribution in [0.1, 0.15) is 33.6 Å². The molecule has 1 saturated heterocycles. The minimum absolute atomic E-state index is 0.0154. The van der Waals surface area contributed by atoms with E-state index >= 15 is 0 Å². The molecule has 1 aliphatic rings. The van der Waals surface area contributed by atoms with Gasteiger partial charge in [0.15, 0.2) is 0 Å². The standard InChI is InChI=1S/C21H25N3O3S/c1-22-20(26)16-9-7-15(8-10-16)14-23(2)21(27)18-6-3-11-24(18)19(25)13-17-5-4-12-28-17/h4-5,7-10,12,18H,3,6,11,13-14H2,1-2H3,(H,22,26). The summed E-state index contributed by atoms with van der Waals surface area (Å²) in [7, 11) is 3.35. The number of carbonyl (C=O) groups excluding carboxylic acids is 3. The third kappa shape index (κ3) is 4.59. The van der Waals surface area contributed by atoms with Crippen LogP contribution in [0.3, 0.4) is 0 Å². The van der Waals surface area contributed by atoms with E-state index in [1.807, 2.05) is 29.6 Å². The van der Waals surface area contributed by atoms with E-state index in [0.29, 0.717) is 31.5 Å². The van der Waals surface area contributed by atoms with E-state index in [2.05, 4.69) is 5.32 Å². The lowest BCUT2D eigenvalue weighted by atomic mass is 10.1. The molecule has 1 fully saturated rings. The zero-order chi connectivity index (χ0) is 20.1. The molecule has 1 N–H and O–H groups in total. The van der Waals surface area contributed by atoms with Gasteiger partial charge in [0.05, 0.1) is 6.42 Å². The first-order valence-electron chi connectivity index (χ1n) is 9.37. The molecule has 3 amide bonds. The second-order valence-electron chi connectivity index (χ2n) is 6.97. The van der Waals surface area contributed by atoms with Crippen LogP contribution >= 0.6 is 11.3 Å². The summed E-state index contributed by atoms with van der Waals surface area (Å²) in [6.07, 6.45) is 1.91. The summed E-state index contributed by atoms with van der Waals surface area (Å²) in [5, 5.41) is 4.54. The van der Waals surface area contributed by atoms with Gasteiger partial charge in [-0.15, -0.1) is 11.3 Å². The zero-order valence-electron chi connectivity index (χ0n) is 16.2. The van der Waals surface area contributed by atoms with Crippen molar-refractivity contribution in [1.29, 1.82) is 0 Å². The Bertz CT molecular complexity index is 833. The van der Waals surface area contributed by atoms with Crippen molar-refractivity contribution in [3.8, 4) is 0 Å². The van der Waals surface area contributed by atoms with Crippen LogP contribution in [0.2, 0.25) is 0 Å². The third-order valence-electron chi connectivity index (χ3n) is 5.00. The highest BCUT2D eigenvalue weighted by Gasteiger charge is 2.35. The molecule has 1 aromatic heterocycles. The summed E-state index contributed by atoms with van der Waals surface area (Å²) in [6.45, 7) is 1.07. The number of hydrogen-bond acceptors (Lipinski definition) is 4. The van der Waals surface area contributed by atoms with Crippen LogP contribution in [0.25, 0.3) is 0 Å². The van der Waals surface area contributed by atoms with Crippen molar-refractivity contribution in [2.24, 2.45) is 0 Å². The van der Waals surface area contributed by atoms with Gasteiger partial charge in [0.1, 0.15) is 6.04 Å². The first kappa shape index (κ1) is 20.1. The number of likely N-dealkylation sites (tertiary alicyclic amines) is 1. The summed E-state index contributed by atoms with van der Waals surface area (Å²) in [6, 6.07) is 10.7. The monoisotopic (exact) mass is 399 g/mol. The van der Waals surface area contributed by atoms with Crippen molar-refractivity contribution in [2.45, 2.75) is 31.8 Å². The number of amides is 3. The van der Waals surface area contributed by atoms with Gasteiger partial charge in [-0.05, 0) is 42.0 Å². The summed E-state index contributed by atoms with van der Waals surface area (Å²) in [5.41, 5.74) is 1.53. The normalized spacial score (nSPS) is 16.1. The molecule has 28 heavy (non-hydrogen) atoms. The van der Waals surface area contributed by atoms with Gasteiger partial charge >= 0.3 is 0 Å². The number of carbonyl (C=O) groups is 3. The van der Waals surface area contributed by atoms with E-state index in [0.717, 1.165) is 16.9 Å². The van der Waals surface area contributed by atoms with Gasteiger partial charge in [0, 0.05) is 37.6 Å². The predicted molar refractivity (Wildman–Crippen MR) is 109 cm³/mol. The number of hydrogen-bond donors (Lipinski definition) is 1. The van der Waals surface area contributed by atoms with Crippen molar-refractivity contribution < 1.29 is 14.4 Å². The smallest absolute Gasteiger partial charge is 0.251 e. The summed E-state index contributed by atoms with van der Waals surface area (Å²) in [5.74, 6) is -0.157. The number of nitrogens with zero attached hydrogens (tertiary/aromatic N) is 2. The average Bonchev–Trinajstić information content (AvgIpc) is 3.39. The van der Waals surface area contributed by atoms with Crippen LogP contribution in [0.5, 0.6) is 0 Å². The first-order valence-corrected chi connectivity index (χ1v) is 10.3. The predicted octanol–water partition coefficient (Wildman–Crippen LogP) is 2.30. The second kappa shape index (κ2) is 9.01. The molecule has 3 rings (SSSR count). The second-order valence-corrected chi connectivity index (χ2v) is 8.00. The Kier molecular flexibility index (Phi) is 6.46. The number of nitrogens with one attached hydrogen (secondary N) is 1. The lowest BCUT2D eigenvalue weighted by Gasteiger charge is -2.28. The Morgan fingerprint density at radius 2 is 1.96 bits per heavy atom. The van der Waals surface area contributed by atoms with Crippen molar-refractivity contribution in [1.82, 2.24) is 15.1 Å². The number of benzene rings is 1. The number of rotatable bonds is 6. The molecule has 0 saturated carbocycles. The van der Waals surface area contributed by atoms with E-state index in [9.17, 15) is 14.4 Å². The SMILES string of the molecule is CNC(=O)c1ccc(CN(C)C(=O)C2CCCN2C(=O)Cc2cccs2)cc1. The van der Waals surface area contributed by atoms with Gasteiger partial charge in [-0.3, -0.25) is 14.4 Å². The van der Waals surface area contributed by atoms with Crippen molar-refractivity contribution >= 4 is 29.1 Å². The van der Waals surface area contributed by atoms with Crippen molar-refractivity contribution in [2.75, 3.05) is 20.6 Å². The van der Waals surface area contributed by atoms with E-state index in [1.54, 1.807) is 47.4 Å². The van der Waals surface area contributed by atoms with Crippen LogP contribution in [0, 0.1) is 0 Å². The van der Waals surface area contributed by atoms with Crippen LogP contribution in [-0.2, 0) is 22.6 Å². The lowest BCUT2D eigenvalue weighted by Crippen LogP contribution is -2.46. The highest BCUT2D eigenvalue weighted by Crippen LogP contribution is 2.22. The Labute approximate surface area is 169 Å². The van der Waals surface area contributed by atoms with Gasteiger partial charge in [0.2, 0.25) is 11.8 Å². The molecule has 0 bridgehead atoms. The molecular formula is C21H25N3O3S. The van der Waals surface area contributed by atoms with Crippen LogP contribution in [0.15, 0.2) is 41.8 Å². The maximum absolute atomic E-state index is 13.0. The molecule has 0 aliphatic carbocycles. The summed E-state index contributed by atoms with van der Waals surface area (Å²) < 4.78 is 0. The summed E-state index contributed by atoms with van der Waals surface area (Å²) >= 11 is 1.56. The summed E-state index contributed by atoms with van der Waals surface area (Å²) in [4.78, 5) is 41.7. The van der Waals surface area contributed by atoms with Gasteiger partial charge in [-0.2, -0.15) is 0 Å². The molecule has 6 nitrogen and oxygen atoms in total. The fourth-order valence-electron chi connectivity index (χ4n) is 3.50. The third-order valence-corrected chi connectivity index (χ3v) is 5.88. The van der Waals surface area contributed by atoms with Gasteiger partial charge in [0.25, 0.3) is 5.91 Å². The molecule has 1 unspecified atom stereocenters. The highest BCUT2D eigenvalue weighted by atomic mass is 32.1. The average molecular weight is 400 g/mol. The molecule has 2 aromatic rings. The number of thiophene rings is 1. The van der Waals surface area contributed by atoms with Crippen molar-refractivity contribution in [3.05, 3.63) is 57.8 Å². The molecule has 148 valence electrons. The van der Waals surface area contributed by atoms with Crippen molar-refractivity contribution in [3.63, 3.8) is 0 Å². The first-order chi connectivity index (χ1) is 13.5. The molecule has 2 heterocycles. The molecular weight excluding hydrogens is 374 g/mol. The van der Waals surface area contributed by atoms with E-state index < -0.39 is 0 Å². The minimum atomic E-state index is -0.386. The molecule has 1 aromatic carbocycles. The Balaban J connectivity index is 1.61. The topological polar surface area (TPSA) is 69.7 Å². The number of likely N-dealkylation sites (N-methyl/N-ethyl adjacent to an activating group) is 1. The molecule has 0 spiro atoms. The van der Waals surface area contributed by atoms with E-state index in [-0.39, 0.29) is 23.8 Å². The molecule has 1 atom stereocenters. The fourth-order valence-corrected chi connectivity index (χ4v) is 4.19. The quantitative estimate of drug-likeness (QED) is 0.810. The lowest BCUT2D eigenvalue weighted by molar-refractivity contribution is -0.143. The molecule has 1 aliphatic heterocycles. The maximum Gasteiger partial charge on any atom is 0.251 e. The highest BCUT2D eigenvalue weighted by molar-refractivity contribution is 7.10. The maximum atomic E-state index is 13.0. The van der Waals surface area contributed by atoms with Crippen LogP contribution in [0.4, 0.5) is 0 Å². The zero-order valence-corrected chi connectivity index (χ0v) is 17.0. The molecule has 7 heteroatoms. The Hall–Kier alpha value is -2.67. The van der Waals surface area contributed by atoms with Crippen LogP contribution in [-0.4, -0.2) is 54.2 Å². The Morgan fingerprint density at radius 1 is 1.21 bits per heavy atom. The van der Waals surface area contributed by atoms with Gasteiger partial charge in [-0.1, -0.05) is 18.2 Å². The molecule has 0 radical (unpaired) electrons. The fraction of sp³-hybridized carbons (Fsp3) is 0.381.